The van der Waals surface area contributed by atoms with Crippen LogP contribution in [0, 0.1) is 0 Å². The molecule has 1 aromatic rings. The number of nitrogens with two attached hydrogens (primary N) is 1. The summed E-state index contributed by atoms with van der Waals surface area (Å²) in [4.78, 5) is 2.43. The Hall–Kier alpha value is -1.06. The van der Waals surface area contributed by atoms with Gasteiger partial charge in [0.2, 0.25) is 10.0 Å². The van der Waals surface area contributed by atoms with E-state index in [-0.39, 0.29) is 9.88 Å². The maximum atomic E-state index is 12.1. The van der Waals surface area contributed by atoms with E-state index in [0.29, 0.717) is 25.3 Å². The Kier molecular flexibility index (Phi) is 7.20. The molecule has 0 aliphatic carbocycles. The van der Waals surface area contributed by atoms with Gasteiger partial charge in [0.25, 0.3) is 0 Å². The molecule has 0 spiro atoms. The van der Waals surface area contributed by atoms with Crippen molar-refractivity contribution in [3.8, 4) is 0 Å². The molecule has 0 aliphatic rings. The first-order chi connectivity index (χ1) is 9.86. The average Bonchev–Trinajstić information content (AvgIpc) is 2.45. The van der Waals surface area contributed by atoms with Crippen LogP contribution in [0.3, 0.4) is 0 Å². The van der Waals surface area contributed by atoms with Crippen molar-refractivity contribution < 1.29 is 13.2 Å². The van der Waals surface area contributed by atoms with Crippen molar-refractivity contribution in [2.75, 3.05) is 40.4 Å². The number of benzene rings is 1. The molecule has 6 nitrogen and oxygen atoms in total. The maximum Gasteiger partial charge on any atom is 0.240 e. The lowest BCUT2D eigenvalue weighted by atomic mass is 10.2. The maximum absolute atomic E-state index is 12.1. The SMILES string of the molecule is COCCN(C)CCNS(=O)(=O)c1ccc(C(N)=S)cc1. The average molecular weight is 331 g/mol. The number of ether oxygens (including phenoxy) is 1. The second-order valence-corrected chi connectivity index (χ2v) is 6.79. The van der Waals surface area contributed by atoms with E-state index in [2.05, 4.69) is 4.72 Å². The minimum absolute atomic E-state index is 0.196. The summed E-state index contributed by atoms with van der Waals surface area (Å²) in [7, 11) is 0.0283. The minimum Gasteiger partial charge on any atom is -0.389 e. The van der Waals surface area contributed by atoms with Gasteiger partial charge in [-0.15, -0.1) is 0 Å². The van der Waals surface area contributed by atoms with Gasteiger partial charge in [0.05, 0.1) is 11.5 Å². The third-order valence-corrected chi connectivity index (χ3v) is 4.62. The summed E-state index contributed by atoms with van der Waals surface area (Å²) in [5.41, 5.74) is 6.12. The summed E-state index contributed by atoms with van der Waals surface area (Å²) in [5, 5.41) is 0. The molecule has 118 valence electrons. The molecule has 0 atom stereocenters. The van der Waals surface area contributed by atoms with E-state index >= 15 is 0 Å². The first-order valence-corrected chi connectivity index (χ1v) is 8.33. The third kappa shape index (κ3) is 6.06. The van der Waals surface area contributed by atoms with Crippen LogP contribution in [0.1, 0.15) is 5.56 Å². The molecule has 8 heteroatoms. The van der Waals surface area contributed by atoms with Crippen molar-refractivity contribution in [3.63, 3.8) is 0 Å². The van der Waals surface area contributed by atoms with Gasteiger partial charge in [-0.05, 0) is 19.2 Å². The molecular formula is C13H21N3O3S2. The van der Waals surface area contributed by atoms with Crippen molar-refractivity contribution >= 4 is 27.2 Å². The smallest absolute Gasteiger partial charge is 0.240 e. The lowest BCUT2D eigenvalue weighted by Crippen LogP contribution is -2.34. The van der Waals surface area contributed by atoms with Crippen LogP contribution in [0.25, 0.3) is 0 Å². The fourth-order valence-corrected chi connectivity index (χ4v) is 2.77. The normalized spacial score (nSPS) is 11.8. The molecule has 1 aromatic carbocycles. The van der Waals surface area contributed by atoms with Crippen LogP contribution in [-0.4, -0.2) is 58.7 Å². The molecule has 0 aliphatic heterocycles. The molecule has 0 fully saturated rings. The standard InChI is InChI=1S/C13H21N3O3S2/c1-16(9-10-19-2)8-7-15-21(17,18)12-5-3-11(4-6-12)13(14)20/h3-6,15H,7-10H2,1-2H3,(H2,14,20). The van der Waals surface area contributed by atoms with Crippen LogP contribution in [0.5, 0.6) is 0 Å². The molecule has 21 heavy (non-hydrogen) atoms. The fraction of sp³-hybridized carbons (Fsp3) is 0.462. The van der Waals surface area contributed by atoms with E-state index in [0.717, 1.165) is 6.54 Å². The highest BCUT2D eigenvalue weighted by molar-refractivity contribution is 7.89. The summed E-state index contributed by atoms with van der Waals surface area (Å²) in [6.07, 6.45) is 0. The lowest BCUT2D eigenvalue weighted by Gasteiger charge is -2.16. The van der Waals surface area contributed by atoms with Gasteiger partial charge in [0.1, 0.15) is 4.99 Å². The Labute approximate surface area is 131 Å². The van der Waals surface area contributed by atoms with E-state index in [4.69, 9.17) is 22.7 Å². The Balaban J connectivity index is 2.55. The monoisotopic (exact) mass is 331 g/mol. The molecule has 0 bridgehead atoms. The number of methoxy groups -OCH3 is 1. The Morgan fingerprint density at radius 2 is 1.95 bits per heavy atom. The quantitative estimate of drug-likeness (QED) is 0.628. The van der Waals surface area contributed by atoms with Crippen molar-refractivity contribution in [2.24, 2.45) is 5.73 Å². The van der Waals surface area contributed by atoms with Crippen molar-refractivity contribution in [1.29, 1.82) is 0 Å². The summed E-state index contributed by atoms with van der Waals surface area (Å²) in [6, 6.07) is 6.18. The Bertz CT molecular complexity index is 559. The van der Waals surface area contributed by atoms with Gasteiger partial charge < -0.3 is 15.4 Å². The van der Waals surface area contributed by atoms with Crippen LogP contribution >= 0.6 is 12.2 Å². The molecular weight excluding hydrogens is 310 g/mol. The molecule has 0 amide bonds. The lowest BCUT2D eigenvalue weighted by molar-refractivity contribution is 0.162. The van der Waals surface area contributed by atoms with Gasteiger partial charge in [0.15, 0.2) is 0 Å². The molecule has 0 radical (unpaired) electrons. The van der Waals surface area contributed by atoms with E-state index < -0.39 is 10.0 Å². The molecule has 0 unspecified atom stereocenters. The van der Waals surface area contributed by atoms with Gasteiger partial charge in [-0.2, -0.15) is 0 Å². The van der Waals surface area contributed by atoms with Crippen molar-refractivity contribution in [1.82, 2.24) is 9.62 Å². The van der Waals surface area contributed by atoms with E-state index in [1.807, 2.05) is 11.9 Å². The summed E-state index contributed by atoms with van der Waals surface area (Å²) < 4.78 is 31.7. The van der Waals surface area contributed by atoms with Crippen LogP contribution in [0.2, 0.25) is 0 Å². The zero-order valence-corrected chi connectivity index (χ0v) is 13.8. The number of nitrogens with zero attached hydrogens (tertiary/aromatic N) is 1. The minimum atomic E-state index is -3.51. The number of rotatable bonds is 9. The molecule has 3 N–H and O–H groups in total. The van der Waals surface area contributed by atoms with Crippen LogP contribution in [-0.2, 0) is 14.8 Å². The first-order valence-electron chi connectivity index (χ1n) is 6.44. The van der Waals surface area contributed by atoms with Gasteiger partial charge in [0, 0.05) is 32.3 Å². The molecule has 0 saturated heterocycles. The van der Waals surface area contributed by atoms with Gasteiger partial charge >= 0.3 is 0 Å². The summed E-state index contributed by atoms with van der Waals surface area (Å²) in [6.45, 7) is 2.30. The molecule has 0 aromatic heterocycles. The molecule has 0 saturated carbocycles. The predicted molar refractivity (Wildman–Crippen MR) is 86.9 cm³/mol. The molecule has 0 heterocycles. The second kappa shape index (κ2) is 8.40. The highest BCUT2D eigenvalue weighted by atomic mass is 32.2. The number of nitrogens with one attached hydrogen (secondary N) is 1. The van der Waals surface area contributed by atoms with Crippen LogP contribution < -0.4 is 10.5 Å². The van der Waals surface area contributed by atoms with E-state index in [1.54, 1.807) is 19.2 Å². The molecule has 1 rings (SSSR count). The number of likely N-dealkylation sites (N-methyl/N-ethyl adjacent to an activating group) is 1. The zero-order valence-electron chi connectivity index (χ0n) is 12.2. The third-order valence-electron chi connectivity index (χ3n) is 2.91. The Morgan fingerprint density at radius 1 is 1.33 bits per heavy atom. The van der Waals surface area contributed by atoms with E-state index in [9.17, 15) is 8.42 Å². The topological polar surface area (TPSA) is 84.7 Å². The van der Waals surface area contributed by atoms with Gasteiger partial charge in [-0.25, -0.2) is 13.1 Å². The predicted octanol–water partition coefficient (Wildman–Crippen LogP) is 0.177. The summed E-state index contributed by atoms with van der Waals surface area (Å²) in [5.74, 6) is 0. The number of sulfonamides is 1. The van der Waals surface area contributed by atoms with Gasteiger partial charge in [-0.3, -0.25) is 0 Å². The van der Waals surface area contributed by atoms with Gasteiger partial charge in [-0.1, -0.05) is 24.4 Å². The van der Waals surface area contributed by atoms with Crippen molar-refractivity contribution in [2.45, 2.75) is 4.90 Å². The highest BCUT2D eigenvalue weighted by Gasteiger charge is 2.13. The second-order valence-electron chi connectivity index (χ2n) is 4.58. The fourth-order valence-electron chi connectivity index (χ4n) is 1.61. The summed E-state index contributed by atoms with van der Waals surface area (Å²) >= 11 is 4.83. The first kappa shape index (κ1) is 18.0. The number of thiocarbonyl (C=S) groups is 1. The van der Waals surface area contributed by atoms with Crippen LogP contribution in [0.4, 0.5) is 0 Å². The van der Waals surface area contributed by atoms with Crippen LogP contribution in [0.15, 0.2) is 29.2 Å². The largest absolute Gasteiger partial charge is 0.389 e. The highest BCUT2D eigenvalue weighted by Crippen LogP contribution is 2.10. The Morgan fingerprint density at radius 3 is 2.48 bits per heavy atom. The zero-order chi connectivity index (χ0) is 15.9. The number of hydrogen-bond acceptors (Lipinski definition) is 5. The van der Waals surface area contributed by atoms with E-state index in [1.165, 1.54) is 12.1 Å². The number of hydrogen-bond donors (Lipinski definition) is 2. The van der Waals surface area contributed by atoms with Crippen molar-refractivity contribution in [3.05, 3.63) is 29.8 Å².